The Balaban J connectivity index is 1.95. The molecule has 37 heavy (non-hydrogen) atoms. The van der Waals surface area contributed by atoms with Gasteiger partial charge in [-0.25, -0.2) is 0 Å². The number of aliphatic hydroxyl groups excluding tert-OH is 4. The molecule has 1 saturated heterocycles. The molecule has 0 bridgehead atoms. The maximum Gasteiger partial charge on any atom is 0.308 e. The zero-order chi connectivity index (χ0) is 27.2. The van der Waals surface area contributed by atoms with Crippen molar-refractivity contribution in [3.63, 3.8) is 0 Å². The number of hydrogen-bond acceptors (Lipinski definition) is 14. The van der Waals surface area contributed by atoms with Gasteiger partial charge in [0.2, 0.25) is 23.2 Å². The first-order chi connectivity index (χ1) is 17.4. The zero-order valence-corrected chi connectivity index (χ0v) is 18.9. The first kappa shape index (κ1) is 26.0. The first-order valence-corrected chi connectivity index (χ1v) is 10.7. The molecular weight excluding hydrogens is 500 g/mol. The van der Waals surface area contributed by atoms with Crippen LogP contribution in [0.25, 0.3) is 22.3 Å². The Morgan fingerprint density at radius 2 is 1.68 bits per heavy atom. The number of hydrogen-bond donors (Lipinski definition) is 8. The first-order valence-electron chi connectivity index (χ1n) is 10.7. The van der Waals surface area contributed by atoms with E-state index < -0.39 is 94.4 Å². The van der Waals surface area contributed by atoms with Gasteiger partial charge in [0.25, 0.3) is 0 Å². The van der Waals surface area contributed by atoms with Gasteiger partial charge in [-0.15, -0.1) is 0 Å². The smallest absolute Gasteiger partial charge is 0.308 e. The van der Waals surface area contributed by atoms with Crippen molar-refractivity contribution < 1.29 is 64.3 Å². The van der Waals surface area contributed by atoms with Gasteiger partial charge < -0.3 is 59.5 Å². The third-order valence-corrected chi connectivity index (χ3v) is 5.57. The summed E-state index contributed by atoms with van der Waals surface area (Å²) in [5.74, 6) is -5.44. The Kier molecular flexibility index (Phi) is 6.86. The lowest BCUT2D eigenvalue weighted by atomic mass is 9.99. The van der Waals surface area contributed by atoms with Crippen LogP contribution < -0.4 is 14.9 Å². The molecular formula is C23H22O14. The fourth-order valence-corrected chi connectivity index (χ4v) is 3.80. The number of ether oxygens (including phenoxy) is 3. The molecule has 2 heterocycles. The minimum Gasteiger partial charge on any atom is -0.508 e. The quantitative estimate of drug-likeness (QED) is 0.118. The van der Waals surface area contributed by atoms with Gasteiger partial charge in [0.05, 0.1) is 6.61 Å². The van der Waals surface area contributed by atoms with Crippen molar-refractivity contribution in [2.45, 2.75) is 37.6 Å². The lowest BCUT2D eigenvalue weighted by Crippen LogP contribution is -2.60. The number of fused-ring (bicyclic) bond motifs is 1. The Morgan fingerprint density at radius 1 is 0.973 bits per heavy atom. The highest BCUT2D eigenvalue weighted by Crippen LogP contribution is 2.43. The number of benzene rings is 2. The molecule has 1 aromatic heterocycles. The normalized spacial score (nSPS) is 23.6. The molecule has 1 fully saturated rings. The summed E-state index contributed by atoms with van der Waals surface area (Å²) in [5, 5.41) is 79.8. The van der Waals surface area contributed by atoms with E-state index in [4.69, 9.17) is 18.6 Å². The van der Waals surface area contributed by atoms with Crippen LogP contribution in [0.4, 0.5) is 0 Å². The second-order valence-corrected chi connectivity index (χ2v) is 8.18. The van der Waals surface area contributed by atoms with Crippen molar-refractivity contribution in [2.24, 2.45) is 0 Å². The molecule has 1 aliphatic heterocycles. The third-order valence-electron chi connectivity index (χ3n) is 5.57. The highest BCUT2D eigenvalue weighted by Gasteiger charge is 2.45. The van der Waals surface area contributed by atoms with Crippen LogP contribution >= 0.6 is 0 Å². The van der Waals surface area contributed by atoms with Crippen LogP contribution in [0.5, 0.6) is 34.5 Å². The number of phenols is 4. The highest BCUT2D eigenvalue weighted by molar-refractivity contribution is 5.88. The summed E-state index contributed by atoms with van der Waals surface area (Å²) in [7, 11) is 0. The summed E-state index contributed by atoms with van der Waals surface area (Å²) < 4.78 is 21.4. The van der Waals surface area contributed by atoms with E-state index >= 15 is 0 Å². The molecule has 14 nitrogen and oxygen atoms in total. The van der Waals surface area contributed by atoms with E-state index in [1.807, 2.05) is 0 Å². The number of phenolic OH excluding ortho intramolecular Hbond substituents is 4. The second-order valence-electron chi connectivity index (χ2n) is 8.18. The maximum absolute atomic E-state index is 13.4. The summed E-state index contributed by atoms with van der Waals surface area (Å²) >= 11 is 0. The number of esters is 1. The van der Waals surface area contributed by atoms with Crippen molar-refractivity contribution in [3.8, 4) is 45.8 Å². The molecule has 0 saturated carbocycles. The van der Waals surface area contributed by atoms with Gasteiger partial charge in [-0.3, -0.25) is 9.59 Å². The number of rotatable bonds is 5. The van der Waals surface area contributed by atoms with Crippen LogP contribution in [0.3, 0.4) is 0 Å². The molecule has 3 aromatic rings. The zero-order valence-electron chi connectivity index (χ0n) is 18.9. The predicted octanol–water partition coefficient (Wildman–Crippen LogP) is -0.614. The van der Waals surface area contributed by atoms with Crippen LogP contribution in [-0.4, -0.2) is 84.1 Å². The summed E-state index contributed by atoms with van der Waals surface area (Å²) in [6.07, 6.45) is -8.75. The minimum absolute atomic E-state index is 0.215. The SMILES string of the molecule is CC(=O)Oc1cc(-c2oc3cc(O)cc(O)c3c(=O)c2O[C@@H]2O[C@H](CO)[C@@H](O)[C@H](O)[C@H]2O)cc(O)c1O. The highest BCUT2D eigenvalue weighted by atomic mass is 16.7. The molecule has 0 unspecified atom stereocenters. The Bertz CT molecular complexity index is 1410. The number of carbonyl (C=O) groups excluding carboxylic acids is 1. The fraction of sp³-hybridized carbons (Fsp3) is 0.304. The summed E-state index contributed by atoms with van der Waals surface area (Å²) in [5.41, 5.74) is -1.62. The lowest BCUT2D eigenvalue weighted by Gasteiger charge is -2.39. The van der Waals surface area contributed by atoms with E-state index in [0.29, 0.717) is 0 Å². The molecule has 1 aliphatic rings. The van der Waals surface area contributed by atoms with Crippen LogP contribution in [0.15, 0.2) is 33.5 Å². The summed E-state index contributed by atoms with van der Waals surface area (Å²) in [6, 6.07) is 3.76. The summed E-state index contributed by atoms with van der Waals surface area (Å²) in [6.45, 7) is 0.236. The molecule has 14 heteroatoms. The molecule has 4 rings (SSSR count). The number of aromatic hydroxyl groups is 4. The number of aliphatic hydroxyl groups is 4. The van der Waals surface area contributed by atoms with E-state index in [2.05, 4.69) is 0 Å². The molecule has 198 valence electrons. The van der Waals surface area contributed by atoms with Crippen LogP contribution in [-0.2, 0) is 9.53 Å². The molecule has 5 atom stereocenters. The maximum atomic E-state index is 13.4. The van der Waals surface area contributed by atoms with Gasteiger partial charge in [-0.05, 0) is 12.1 Å². The average molecular weight is 522 g/mol. The van der Waals surface area contributed by atoms with E-state index in [-0.39, 0.29) is 11.1 Å². The molecule has 0 radical (unpaired) electrons. The lowest BCUT2D eigenvalue weighted by molar-refractivity contribution is -0.277. The van der Waals surface area contributed by atoms with E-state index in [1.54, 1.807) is 0 Å². The van der Waals surface area contributed by atoms with Crippen LogP contribution in [0.1, 0.15) is 6.92 Å². The predicted molar refractivity (Wildman–Crippen MR) is 120 cm³/mol. The molecule has 0 spiro atoms. The second kappa shape index (κ2) is 9.76. The molecule has 0 amide bonds. The summed E-state index contributed by atoms with van der Waals surface area (Å²) in [4.78, 5) is 24.9. The monoisotopic (exact) mass is 522 g/mol. The molecule has 8 N–H and O–H groups in total. The average Bonchev–Trinajstić information content (AvgIpc) is 2.82. The van der Waals surface area contributed by atoms with Crippen LogP contribution in [0, 0.1) is 0 Å². The van der Waals surface area contributed by atoms with Gasteiger partial charge in [-0.2, -0.15) is 0 Å². The van der Waals surface area contributed by atoms with Crippen molar-refractivity contribution >= 4 is 16.9 Å². The fourth-order valence-electron chi connectivity index (χ4n) is 3.80. The van der Waals surface area contributed by atoms with Crippen molar-refractivity contribution in [1.29, 1.82) is 0 Å². The molecule has 2 aromatic carbocycles. The van der Waals surface area contributed by atoms with Gasteiger partial charge in [0.15, 0.2) is 17.3 Å². The molecule has 0 aliphatic carbocycles. The van der Waals surface area contributed by atoms with E-state index in [9.17, 15) is 50.4 Å². The largest absolute Gasteiger partial charge is 0.508 e. The third kappa shape index (κ3) is 4.71. The van der Waals surface area contributed by atoms with E-state index in [1.165, 1.54) is 0 Å². The standard InChI is InChI=1S/C23H22O14/c1-7(25)34-13-3-8(2-11(28)16(13)29)21-22(18(31)15-10(27)4-9(26)5-12(15)35-21)37-23-20(33)19(32)17(30)14(6-24)36-23/h2-5,14,17,19-20,23-24,26-30,32-33H,6H2,1H3/t14-,17-,19+,20-,23+/m1/s1. The Labute approximate surface area is 206 Å². The Hall–Kier alpha value is -4.08. The minimum atomic E-state index is -1.93. The van der Waals surface area contributed by atoms with Crippen molar-refractivity contribution in [3.05, 3.63) is 34.5 Å². The van der Waals surface area contributed by atoms with Gasteiger partial charge in [0, 0.05) is 24.6 Å². The van der Waals surface area contributed by atoms with Gasteiger partial charge in [0.1, 0.15) is 46.9 Å². The number of carbonyl (C=O) groups is 1. The van der Waals surface area contributed by atoms with Gasteiger partial charge >= 0.3 is 5.97 Å². The van der Waals surface area contributed by atoms with Crippen molar-refractivity contribution in [2.75, 3.05) is 6.61 Å². The topological polar surface area (TPSA) is 237 Å². The Morgan fingerprint density at radius 3 is 2.32 bits per heavy atom. The van der Waals surface area contributed by atoms with Crippen LogP contribution in [0.2, 0.25) is 0 Å². The van der Waals surface area contributed by atoms with E-state index in [0.717, 1.165) is 31.2 Å². The van der Waals surface area contributed by atoms with Crippen molar-refractivity contribution in [1.82, 2.24) is 0 Å². The van der Waals surface area contributed by atoms with Gasteiger partial charge in [-0.1, -0.05) is 0 Å².